The van der Waals surface area contributed by atoms with Crippen molar-refractivity contribution in [1.82, 2.24) is 4.98 Å². The molecule has 0 unspecified atom stereocenters. The number of oxime groups is 1. The molecule has 0 saturated carbocycles. The molecule has 0 spiro atoms. The normalized spacial score (nSPS) is 11.4. The van der Waals surface area contributed by atoms with Crippen LogP contribution in [-0.4, -0.2) is 22.6 Å². The van der Waals surface area contributed by atoms with Crippen molar-refractivity contribution in [3.05, 3.63) is 59.4 Å². The smallest absolute Gasteiger partial charge is 0.172 e. The zero-order valence-electron chi connectivity index (χ0n) is 12.3. The Morgan fingerprint density at radius 2 is 2.00 bits per heavy atom. The van der Waals surface area contributed by atoms with Crippen molar-refractivity contribution in [3.8, 4) is 0 Å². The van der Waals surface area contributed by atoms with E-state index in [0.29, 0.717) is 0 Å². The van der Waals surface area contributed by atoms with Crippen LogP contribution < -0.4 is 10.6 Å². The third-order valence-electron chi connectivity index (χ3n) is 3.38. The number of benzene rings is 1. The molecule has 2 aromatic rings. The van der Waals surface area contributed by atoms with Gasteiger partial charge in [-0.1, -0.05) is 16.8 Å². The van der Waals surface area contributed by atoms with Gasteiger partial charge in [0.05, 0.1) is 0 Å². The molecule has 1 aromatic heterocycles. The summed E-state index contributed by atoms with van der Waals surface area (Å²) in [5.74, 6) is 0.127. The molecule has 0 saturated heterocycles. The minimum Gasteiger partial charge on any atom is -0.409 e. The highest BCUT2D eigenvalue weighted by Crippen LogP contribution is 2.23. The Hall–Kier alpha value is -2.56. The molecule has 1 heterocycles. The number of aromatic nitrogens is 1. The number of hydrogen-bond donors (Lipinski definition) is 2. The molecule has 0 aliphatic carbocycles. The van der Waals surface area contributed by atoms with E-state index in [2.05, 4.69) is 22.0 Å². The summed E-state index contributed by atoms with van der Waals surface area (Å²) >= 11 is 0. The number of aryl methyl sites for hydroxylation is 1. The van der Waals surface area contributed by atoms with Gasteiger partial charge in [-0.05, 0) is 43.7 Å². The van der Waals surface area contributed by atoms with E-state index < -0.39 is 0 Å². The zero-order valence-corrected chi connectivity index (χ0v) is 12.3. The number of nitrogens with zero attached hydrogens (tertiary/aromatic N) is 3. The molecule has 0 amide bonds. The van der Waals surface area contributed by atoms with Gasteiger partial charge >= 0.3 is 0 Å². The van der Waals surface area contributed by atoms with Crippen molar-refractivity contribution in [2.45, 2.75) is 20.4 Å². The van der Waals surface area contributed by atoms with Crippen molar-refractivity contribution in [3.63, 3.8) is 0 Å². The van der Waals surface area contributed by atoms with Crippen LogP contribution in [0.5, 0.6) is 0 Å². The third-order valence-corrected chi connectivity index (χ3v) is 3.38. The molecular weight excluding hydrogens is 264 g/mol. The summed E-state index contributed by atoms with van der Waals surface area (Å²) in [6.07, 6.45) is 3.56. The van der Waals surface area contributed by atoms with E-state index in [4.69, 9.17) is 10.9 Å². The van der Waals surface area contributed by atoms with Crippen molar-refractivity contribution in [2.75, 3.05) is 11.4 Å². The highest BCUT2D eigenvalue weighted by Gasteiger charge is 2.13. The molecule has 21 heavy (non-hydrogen) atoms. The number of rotatable bonds is 5. The number of pyridine rings is 1. The average molecular weight is 284 g/mol. The minimum atomic E-state index is 0.127. The van der Waals surface area contributed by atoms with Crippen molar-refractivity contribution in [2.24, 2.45) is 10.9 Å². The van der Waals surface area contributed by atoms with Crippen LogP contribution in [0.15, 0.2) is 47.9 Å². The topological polar surface area (TPSA) is 74.7 Å². The lowest BCUT2D eigenvalue weighted by Crippen LogP contribution is -2.26. The monoisotopic (exact) mass is 284 g/mol. The fourth-order valence-electron chi connectivity index (χ4n) is 2.26. The van der Waals surface area contributed by atoms with Gasteiger partial charge in [0.15, 0.2) is 5.84 Å². The number of hydrogen-bond acceptors (Lipinski definition) is 4. The van der Waals surface area contributed by atoms with Crippen LogP contribution in [0.25, 0.3) is 0 Å². The summed E-state index contributed by atoms with van der Waals surface area (Å²) in [4.78, 5) is 6.21. The first kappa shape index (κ1) is 14.8. The van der Waals surface area contributed by atoms with E-state index in [9.17, 15) is 0 Å². The summed E-state index contributed by atoms with van der Waals surface area (Å²) in [5, 5.41) is 12.1. The van der Waals surface area contributed by atoms with Gasteiger partial charge < -0.3 is 15.8 Å². The first-order valence-corrected chi connectivity index (χ1v) is 6.88. The summed E-state index contributed by atoms with van der Waals surface area (Å²) in [6.45, 7) is 5.62. The second kappa shape index (κ2) is 6.74. The quantitative estimate of drug-likeness (QED) is 0.383. The van der Waals surface area contributed by atoms with Crippen LogP contribution in [0, 0.1) is 6.92 Å². The predicted molar refractivity (Wildman–Crippen MR) is 84.7 cm³/mol. The molecule has 0 aliphatic heterocycles. The molecule has 0 bridgehead atoms. The largest absolute Gasteiger partial charge is 0.409 e. The Bertz CT molecular complexity index is 625. The fourth-order valence-corrected chi connectivity index (χ4v) is 2.26. The molecular formula is C16H20N4O. The SMILES string of the molecule is CCN(Cc1ccncc1)c1ccc(C)cc1/C(N)=N/O. The van der Waals surface area contributed by atoms with Crippen molar-refractivity contribution < 1.29 is 5.21 Å². The van der Waals surface area contributed by atoms with E-state index in [0.717, 1.165) is 35.5 Å². The maximum absolute atomic E-state index is 8.98. The number of amidine groups is 1. The van der Waals surface area contributed by atoms with Crippen molar-refractivity contribution >= 4 is 11.5 Å². The van der Waals surface area contributed by atoms with Gasteiger partial charge in [-0.3, -0.25) is 4.98 Å². The minimum absolute atomic E-state index is 0.127. The Morgan fingerprint density at radius 1 is 1.29 bits per heavy atom. The molecule has 3 N–H and O–H groups in total. The summed E-state index contributed by atoms with van der Waals surface area (Å²) in [6, 6.07) is 9.94. The predicted octanol–water partition coefficient (Wildman–Crippen LogP) is 2.51. The van der Waals surface area contributed by atoms with Crippen molar-refractivity contribution in [1.29, 1.82) is 0 Å². The molecule has 0 atom stereocenters. The van der Waals surface area contributed by atoms with Crippen LogP contribution in [-0.2, 0) is 6.54 Å². The van der Waals surface area contributed by atoms with Gasteiger partial charge in [0.1, 0.15) is 0 Å². The first-order chi connectivity index (χ1) is 10.2. The van der Waals surface area contributed by atoms with E-state index in [1.54, 1.807) is 12.4 Å². The van der Waals surface area contributed by atoms with E-state index >= 15 is 0 Å². The van der Waals surface area contributed by atoms with Crippen LogP contribution in [0.3, 0.4) is 0 Å². The average Bonchev–Trinajstić information content (AvgIpc) is 2.53. The van der Waals surface area contributed by atoms with E-state index in [-0.39, 0.29) is 5.84 Å². The maximum atomic E-state index is 8.98. The molecule has 2 rings (SSSR count). The van der Waals surface area contributed by atoms with Gasteiger partial charge in [0, 0.05) is 36.7 Å². The Kier molecular flexibility index (Phi) is 4.77. The lowest BCUT2D eigenvalue weighted by Gasteiger charge is -2.26. The van der Waals surface area contributed by atoms with Gasteiger partial charge in [-0.2, -0.15) is 0 Å². The second-order valence-electron chi connectivity index (χ2n) is 4.88. The van der Waals surface area contributed by atoms with Gasteiger partial charge in [-0.15, -0.1) is 0 Å². The van der Waals surface area contributed by atoms with Crippen LogP contribution in [0.2, 0.25) is 0 Å². The Morgan fingerprint density at radius 3 is 2.62 bits per heavy atom. The first-order valence-electron chi connectivity index (χ1n) is 6.88. The lowest BCUT2D eigenvalue weighted by molar-refractivity contribution is 0.318. The Labute approximate surface area is 124 Å². The molecule has 5 nitrogen and oxygen atoms in total. The molecule has 5 heteroatoms. The van der Waals surface area contributed by atoms with Gasteiger partial charge in [-0.25, -0.2) is 0 Å². The molecule has 1 aromatic carbocycles. The number of anilines is 1. The molecule has 0 fully saturated rings. The van der Waals surface area contributed by atoms with Gasteiger partial charge in [0.25, 0.3) is 0 Å². The highest BCUT2D eigenvalue weighted by molar-refractivity contribution is 6.02. The fraction of sp³-hybridized carbons (Fsp3) is 0.250. The van der Waals surface area contributed by atoms with Crippen LogP contribution >= 0.6 is 0 Å². The van der Waals surface area contributed by atoms with Crippen LogP contribution in [0.4, 0.5) is 5.69 Å². The van der Waals surface area contributed by atoms with Crippen LogP contribution in [0.1, 0.15) is 23.6 Å². The maximum Gasteiger partial charge on any atom is 0.172 e. The molecule has 0 radical (unpaired) electrons. The second-order valence-corrected chi connectivity index (χ2v) is 4.88. The zero-order chi connectivity index (χ0) is 15.2. The standard InChI is InChI=1S/C16H20N4O/c1-3-20(11-13-6-8-18-9-7-13)15-5-4-12(2)10-14(15)16(17)19-21/h4-10,21H,3,11H2,1-2H3,(H2,17,19). The summed E-state index contributed by atoms with van der Waals surface area (Å²) in [5.41, 5.74) is 9.75. The highest BCUT2D eigenvalue weighted by atomic mass is 16.4. The lowest BCUT2D eigenvalue weighted by atomic mass is 10.1. The summed E-state index contributed by atoms with van der Waals surface area (Å²) < 4.78 is 0. The van der Waals surface area contributed by atoms with E-state index in [1.165, 1.54) is 0 Å². The summed E-state index contributed by atoms with van der Waals surface area (Å²) in [7, 11) is 0. The third kappa shape index (κ3) is 3.51. The Balaban J connectivity index is 2.38. The van der Waals surface area contributed by atoms with Gasteiger partial charge in [0.2, 0.25) is 0 Å². The molecule has 110 valence electrons. The van der Waals surface area contributed by atoms with E-state index in [1.807, 2.05) is 37.3 Å². The number of nitrogens with two attached hydrogens (primary N) is 1. The molecule has 0 aliphatic rings.